The molecular weight excluding hydrogens is 428 g/mol. The molecule has 0 aliphatic carbocycles. The molecule has 0 spiro atoms. The van der Waals surface area contributed by atoms with Crippen LogP contribution in [0.4, 0.5) is 0 Å². The number of nitrogens with zero attached hydrogens (tertiary/aromatic N) is 4. The van der Waals surface area contributed by atoms with Crippen molar-refractivity contribution in [3.8, 4) is 22.8 Å². The lowest BCUT2D eigenvalue weighted by Crippen LogP contribution is -2.22. The van der Waals surface area contributed by atoms with Gasteiger partial charge >= 0.3 is 0 Å². The molecule has 6 heteroatoms. The van der Waals surface area contributed by atoms with Gasteiger partial charge in [0.15, 0.2) is 5.65 Å². The van der Waals surface area contributed by atoms with Gasteiger partial charge in [0.25, 0.3) is 5.56 Å². The van der Waals surface area contributed by atoms with E-state index in [4.69, 9.17) is 4.98 Å². The number of benzene rings is 3. The minimum absolute atomic E-state index is 0.154. The van der Waals surface area contributed by atoms with Crippen LogP contribution in [0, 0.1) is 0 Å². The predicted molar refractivity (Wildman–Crippen MR) is 118 cm³/mol. The summed E-state index contributed by atoms with van der Waals surface area (Å²) in [6, 6.07) is 27.0. The second-order valence-corrected chi connectivity index (χ2v) is 7.46. The van der Waals surface area contributed by atoms with Crippen LogP contribution in [0.1, 0.15) is 0 Å². The second-order valence-electron chi connectivity index (χ2n) is 6.55. The highest BCUT2D eigenvalue weighted by molar-refractivity contribution is 9.10. The molecule has 2 heterocycles. The zero-order chi connectivity index (χ0) is 19.8. The third-order valence-electron chi connectivity index (χ3n) is 4.72. The maximum atomic E-state index is 13.5. The Balaban J connectivity index is 1.86. The molecule has 3 aromatic carbocycles. The van der Waals surface area contributed by atoms with Crippen LogP contribution < -0.4 is 5.56 Å². The number of aromatic nitrogens is 4. The molecule has 0 bridgehead atoms. The lowest BCUT2D eigenvalue weighted by molar-refractivity contribution is 0.888. The second kappa shape index (κ2) is 7.14. The first-order valence-corrected chi connectivity index (χ1v) is 9.89. The van der Waals surface area contributed by atoms with Crippen LogP contribution in [0.15, 0.2) is 100 Å². The lowest BCUT2D eigenvalue weighted by atomic mass is 10.2. The highest BCUT2D eigenvalue weighted by atomic mass is 79.9. The van der Waals surface area contributed by atoms with E-state index < -0.39 is 0 Å². The van der Waals surface area contributed by atoms with Crippen LogP contribution in [0.25, 0.3) is 33.8 Å². The fourth-order valence-corrected chi connectivity index (χ4v) is 3.60. The molecule has 0 atom stereocenters. The zero-order valence-corrected chi connectivity index (χ0v) is 16.8. The van der Waals surface area contributed by atoms with E-state index in [0.717, 1.165) is 21.4 Å². The van der Waals surface area contributed by atoms with Crippen LogP contribution in [0.2, 0.25) is 0 Å². The summed E-state index contributed by atoms with van der Waals surface area (Å²) in [5.74, 6) is 0.572. The van der Waals surface area contributed by atoms with Crippen molar-refractivity contribution in [2.75, 3.05) is 0 Å². The quantitative estimate of drug-likeness (QED) is 0.394. The van der Waals surface area contributed by atoms with Gasteiger partial charge in [0, 0.05) is 10.0 Å². The molecule has 0 aliphatic rings. The van der Waals surface area contributed by atoms with Crippen molar-refractivity contribution in [1.82, 2.24) is 19.3 Å². The van der Waals surface area contributed by atoms with E-state index in [1.54, 1.807) is 15.4 Å². The van der Waals surface area contributed by atoms with Gasteiger partial charge in [-0.3, -0.25) is 9.36 Å². The summed E-state index contributed by atoms with van der Waals surface area (Å²) in [7, 11) is 0. The predicted octanol–water partition coefficient (Wildman–Crippen LogP) is 5.00. The van der Waals surface area contributed by atoms with E-state index in [0.29, 0.717) is 16.9 Å². The van der Waals surface area contributed by atoms with Gasteiger partial charge in [-0.1, -0.05) is 64.5 Å². The highest BCUT2D eigenvalue weighted by Crippen LogP contribution is 2.24. The first-order valence-electron chi connectivity index (χ1n) is 9.10. The van der Waals surface area contributed by atoms with Gasteiger partial charge in [-0.2, -0.15) is 5.10 Å². The van der Waals surface area contributed by atoms with Gasteiger partial charge < -0.3 is 0 Å². The average Bonchev–Trinajstić information content (AvgIpc) is 3.20. The van der Waals surface area contributed by atoms with Crippen molar-refractivity contribution in [2.24, 2.45) is 0 Å². The minimum atomic E-state index is -0.154. The normalized spacial score (nSPS) is 11.1. The lowest BCUT2D eigenvalue weighted by Gasteiger charge is -2.13. The van der Waals surface area contributed by atoms with Gasteiger partial charge in [-0.15, -0.1) is 0 Å². The van der Waals surface area contributed by atoms with Gasteiger partial charge in [0.1, 0.15) is 11.2 Å². The van der Waals surface area contributed by atoms with Gasteiger partial charge in [0.2, 0.25) is 0 Å². The molecule has 0 amide bonds. The minimum Gasteiger partial charge on any atom is -0.268 e. The molecule has 0 unspecified atom stereocenters. The van der Waals surface area contributed by atoms with Gasteiger partial charge in [-0.25, -0.2) is 9.67 Å². The molecule has 0 fully saturated rings. The van der Waals surface area contributed by atoms with Crippen molar-refractivity contribution in [1.29, 1.82) is 0 Å². The van der Waals surface area contributed by atoms with E-state index in [1.807, 2.05) is 84.9 Å². The standard InChI is InChI=1S/C23H15BrN4O/c24-17-11-13-18(14-12-17)27-21(16-7-3-1-4-8-16)26-22-20(23(27)29)15-25-28(22)19-9-5-2-6-10-19/h1-15H. The van der Waals surface area contributed by atoms with E-state index in [9.17, 15) is 4.79 Å². The van der Waals surface area contributed by atoms with E-state index >= 15 is 0 Å². The van der Waals surface area contributed by atoms with Crippen LogP contribution in [-0.4, -0.2) is 19.3 Å². The molecule has 0 N–H and O–H groups in total. The Hall–Kier alpha value is -3.51. The maximum absolute atomic E-state index is 13.5. The Morgan fingerprint density at radius 1 is 0.759 bits per heavy atom. The van der Waals surface area contributed by atoms with Crippen LogP contribution >= 0.6 is 15.9 Å². The summed E-state index contributed by atoms with van der Waals surface area (Å²) < 4.78 is 4.29. The summed E-state index contributed by atoms with van der Waals surface area (Å²) in [6.07, 6.45) is 1.59. The SMILES string of the molecule is O=c1c2cnn(-c3ccccc3)c2nc(-c2ccccc2)n1-c1ccc(Br)cc1. The third kappa shape index (κ3) is 3.07. The Morgan fingerprint density at radius 2 is 1.41 bits per heavy atom. The summed E-state index contributed by atoms with van der Waals surface area (Å²) >= 11 is 3.45. The Labute approximate surface area is 175 Å². The van der Waals surface area contributed by atoms with Crippen molar-refractivity contribution in [3.63, 3.8) is 0 Å². The summed E-state index contributed by atoms with van der Waals surface area (Å²) in [4.78, 5) is 18.4. The van der Waals surface area contributed by atoms with E-state index in [2.05, 4.69) is 21.0 Å². The van der Waals surface area contributed by atoms with Crippen molar-refractivity contribution < 1.29 is 0 Å². The summed E-state index contributed by atoms with van der Waals surface area (Å²) in [5, 5.41) is 4.91. The fourth-order valence-electron chi connectivity index (χ4n) is 3.34. The molecule has 5 nitrogen and oxygen atoms in total. The molecule has 0 radical (unpaired) electrons. The van der Waals surface area contributed by atoms with Crippen molar-refractivity contribution in [3.05, 3.63) is 106 Å². The highest BCUT2D eigenvalue weighted by Gasteiger charge is 2.18. The summed E-state index contributed by atoms with van der Waals surface area (Å²) in [6.45, 7) is 0. The first-order chi connectivity index (χ1) is 14.2. The number of rotatable bonds is 3. The topological polar surface area (TPSA) is 52.7 Å². The summed E-state index contributed by atoms with van der Waals surface area (Å²) in [5.41, 5.74) is 2.84. The zero-order valence-electron chi connectivity index (χ0n) is 15.2. The molecular formula is C23H15BrN4O. The number of fused-ring (bicyclic) bond motifs is 1. The fraction of sp³-hybridized carbons (Fsp3) is 0. The molecule has 2 aromatic heterocycles. The molecule has 29 heavy (non-hydrogen) atoms. The van der Waals surface area contributed by atoms with Gasteiger partial charge in [-0.05, 0) is 36.4 Å². The molecule has 0 aliphatic heterocycles. The van der Waals surface area contributed by atoms with Gasteiger partial charge in [0.05, 0.1) is 17.6 Å². The number of para-hydroxylation sites is 1. The first kappa shape index (κ1) is 17.6. The number of hydrogen-bond acceptors (Lipinski definition) is 3. The van der Waals surface area contributed by atoms with Crippen LogP contribution in [0.3, 0.4) is 0 Å². The molecule has 0 saturated heterocycles. The molecule has 0 saturated carbocycles. The van der Waals surface area contributed by atoms with Crippen LogP contribution in [0.5, 0.6) is 0 Å². The van der Waals surface area contributed by atoms with E-state index in [1.165, 1.54) is 0 Å². The Morgan fingerprint density at radius 3 is 2.10 bits per heavy atom. The maximum Gasteiger partial charge on any atom is 0.269 e. The van der Waals surface area contributed by atoms with Crippen molar-refractivity contribution in [2.45, 2.75) is 0 Å². The largest absolute Gasteiger partial charge is 0.269 e. The smallest absolute Gasteiger partial charge is 0.268 e. The van der Waals surface area contributed by atoms with Crippen molar-refractivity contribution >= 4 is 27.0 Å². The number of halogens is 1. The average molecular weight is 443 g/mol. The monoisotopic (exact) mass is 442 g/mol. The van der Waals surface area contributed by atoms with Crippen LogP contribution in [-0.2, 0) is 0 Å². The van der Waals surface area contributed by atoms with E-state index in [-0.39, 0.29) is 5.56 Å². The molecule has 5 rings (SSSR count). The Bertz CT molecular complexity index is 1360. The molecule has 5 aromatic rings. The Kier molecular flexibility index (Phi) is 4.33. The molecule has 140 valence electrons. The third-order valence-corrected chi connectivity index (χ3v) is 5.25. The number of hydrogen-bond donors (Lipinski definition) is 0.